The second kappa shape index (κ2) is 9.66. The van der Waals surface area contributed by atoms with Gasteiger partial charge in [0.1, 0.15) is 0 Å². The Hall–Kier alpha value is -0.240. The largest absolute Gasteiger partial charge is 0.363 e. The van der Waals surface area contributed by atoms with Crippen LogP contribution in [0.1, 0.15) is 51.9 Å². The maximum absolute atomic E-state index is 9.39. The van der Waals surface area contributed by atoms with Crippen LogP contribution in [0.5, 0.6) is 0 Å². The van der Waals surface area contributed by atoms with Gasteiger partial charge in [-0.05, 0) is 25.8 Å². The number of aliphatic hydroxyl groups excluding tert-OH is 1. The molecule has 0 radical (unpaired) electrons. The fourth-order valence-electron chi connectivity index (χ4n) is 1.84. The van der Waals surface area contributed by atoms with Gasteiger partial charge in [-0.15, -0.1) is 0 Å². The predicted molar refractivity (Wildman–Crippen MR) is 69.4 cm³/mol. The summed E-state index contributed by atoms with van der Waals surface area (Å²) in [5.74, 6) is -2.65. The van der Waals surface area contributed by atoms with Crippen molar-refractivity contribution in [3.63, 3.8) is 0 Å². The zero-order valence-corrected chi connectivity index (χ0v) is 11.2. The number of aliphatic hydroxyl groups is 4. The van der Waals surface area contributed by atoms with Crippen LogP contribution in [-0.2, 0) is 0 Å². The third-order valence-electron chi connectivity index (χ3n) is 2.94. The molecule has 7 N–H and O–H groups in total. The van der Waals surface area contributed by atoms with Gasteiger partial charge in [0.2, 0.25) is 6.29 Å². The highest BCUT2D eigenvalue weighted by atomic mass is 16.6. The molecule has 6 heteroatoms. The van der Waals surface area contributed by atoms with E-state index in [0.717, 1.165) is 44.9 Å². The van der Waals surface area contributed by atoms with Gasteiger partial charge in [0.15, 0.2) is 0 Å². The van der Waals surface area contributed by atoms with Crippen LogP contribution in [0.2, 0.25) is 0 Å². The summed E-state index contributed by atoms with van der Waals surface area (Å²) in [6.45, 7) is 2.70. The smallest absolute Gasteiger partial charge is 0.276 e. The van der Waals surface area contributed by atoms with Gasteiger partial charge in [0.05, 0.1) is 0 Å². The average molecular weight is 264 g/mol. The van der Waals surface area contributed by atoms with Gasteiger partial charge in [-0.25, -0.2) is 0 Å². The van der Waals surface area contributed by atoms with E-state index in [2.05, 4.69) is 12.2 Å². The van der Waals surface area contributed by atoms with Crippen molar-refractivity contribution in [1.29, 1.82) is 0 Å². The zero-order chi connectivity index (χ0) is 14.0. The van der Waals surface area contributed by atoms with Crippen molar-refractivity contribution < 1.29 is 20.4 Å². The van der Waals surface area contributed by atoms with Crippen molar-refractivity contribution in [3.8, 4) is 0 Å². The van der Waals surface area contributed by atoms with E-state index in [9.17, 15) is 10.2 Å². The lowest BCUT2D eigenvalue weighted by Crippen LogP contribution is -2.58. The summed E-state index contributed by atoms with van der Waals surface area (Å²) in [5.41, 5.74) is 5.41. The first kappa shape index (κ1) is 17.8. The fraction of sp³-hybridized carbons (Fsp3) is 1.00. The molecule has 0 spiro atoms. The molecule has 1 unspecified atom stereocenters. The van der Waals surface area contributed by atoms with Gasteiger partial charge in [0, 0.05) is 6.04 Å². The number of rotatable bonds is 11. The van der Waals surface area contributed by atoms with E-state index in [-0.39, 0.29) is 6.04 Å². The van der Waals surface area contributed by atoms with E-state index in [1.807, 2.05) is 0 Å². The highest BCUT2D eigenvalue weighted by molar-refractivity contribution is 4.74. The summed E-state index contributed by atoms with van der Waals surface area (Å²) in [5, 5.41) is 39.0. The normalized spacial score (nSPS) is 14.2. The lowest BCUT2D eigenvalue weighted by molar-refractivity contribution is -0.309. The van der Waals surface area contributed by atoms with Gasteiger partial charge in [-0.1, -0.05) is 32.6 Å². The molecule has 0 aliphatic carbocycles. The molecule has 0 aromatic carbocycles. The molecule has 0 aliphatic rings. The number of unbranched alkanes of at least 4 members (excludes halogenated alkanes) is 3. The number of nitrogens with one attached hydrogen (secondary N) is 1. The Morgan fingerprint density at radius 3 is 2.06 bits per heavy atom. The van der Waals surface area contributed by atoms with E-state index >= 15 is 0 Å². The summed E-state index contributed by atoms with van der Waals surface area (Å²) in [6, 6.07) is -0.153. The lowest BCUT2D eigenvalue weighted by atomic mass is 10.0. The van der Waals surface area contributed by atoms with Crippen LogP contribution in [0, 0.1) is 0 Å². The monoisotopic (exact) mass is 264 g/mol. The third kappa shape index (κ3) is 7.97. The lowest BCUT2D eigenvalue weighted by Gasteiger charge is -2.30. The van der Waals surface area contributed by atoms with E-state index in [4.69, 9.17) is 15.9 Å². The van der Waals surface area contributed by atoms with Crippen LogP contribution < -0.4 is 11.1 Å². The molecule has 6 nitrogen and oxygen atoms in total. The molecule has 0 aromatic heterocycles. The number of nitrogens with two attached hydrogens (primary N) is 1. The summed E-state index contributed by atoms with van der Waals surface area (Å²) in [6.07, 6.45) is 4.15. The summed E-state index contributed by atoms with van der Waals surface area (Å²) < 4.78 is 0. The molecule has 0 rings (SSSR count). The Labute approximate surface area is 109 Å². The van der Waals surface area contributed by atoms with Crippen molar-refractivity contribution in [2.75, 3.05) is 6.54 Å². The molecule has 0 saturated heterocycles. The van der Waals surface area contributed by atoms with Crippen LogP contribution in [-0.4, -0.2) is 45.2 Å². The number of hydrogen-bond acceptors (Lipinski definition) is 6. The van der Waals surface area contributed by atoms with Gasteiger partial charge < -0.3 is 26.2 Å². The minimum Gasteiger partial charge on any atom is -0.363 e. The molecule has 0 heterocycles. The molecular weight excluding hydrogens is 236 g/mol. The Balaban J connectivity index is 4.18. The predicted octanol–water partition coefficient (Wildman–Crippen LogP) is -0.397. The first-order valence-electron chi connectivity index (χ1n) is 6.72. The second-order valence-corrected chi connectivity index (χ2v) is 4.72. The van der Waals surface area contributed by atoms with Crippen LogP contribution in [0.3, 0.4) is 0 Å². The standard InChI is InChI=1S/C12H28N2O4/c1-2-3-4-7-10(8-5-6-9-13)14-12(17,18)11(15)16/h10-11,14-18H,2-9,13H2,1H3. The van der Waals surface area contributed by atoms with Crippen molar-refractivity contribution in [1.82, 2.24) is 5.32 Å². The molecule has 0 aliphatic heterocycles. The average Bonchev–Trinajstić information content (AvgIpc) is 2.28. The van der Waals surface area contributed by atoms with Gasteiger partial charge in [0.25, 0.3) is 5.91 Å². The second-order valence-electron chi connectivity index (χ2n) is 4.72. The van der Waals surface area contributed by atoms with E-state index in [0.29, 0.717) is 6.54 Å². The minimum atomic E-state index is -2.65. The van der Waals surface area contributed by atoms with E-state index in [1.165, 1.54) is 0 Å². The van der Waals surface area contributed by atoms with Crippen molar-refractivity contribution in [2.24, 2.45) is 5.73 Å². The van der Waals surface area contributed by atoms with Crippen LogP contribution >= 0.6 is 0 Å². The maximum Gasteiger partial charge on any atom is 0.276 e. The van der Waals surface area contributed by atoms with Crippen LogP contribution in [0.15, 0.2) is 0 Å². The quantitative estimate of drug-likeness (QED) is 0.223. The molecule has 0 fully saturated rings. The molecular formula is C12H28N2O4. The SMILES string of the molecule is CCCCCC(CCCCN)NC(O)(O)C(O)O. The summed E-state index contributed by atoms with van der Waals surface area (Å²) >= 11 is 0. The molecule has 18 heavy (non-hydrogen) atoms. The van der Waals surface area contributed by atoms with Crippen molar-refractivity contribution in [2.45, 2.75) is 70.1 Å². The Kier molecular flexibility index (Phi) is 9.53. The van der Waals surface area contributed by atoms with E-state index < -0.39 is 12.2 Å². The topological polar surface area (TPSA) is 119 Å². The van der Waals surface area contributed by atoms with Crippen LogP contribution in [0.4, 0.5) is 0 Å². The summed E-state index contributed by atoms with van der Waals surface area (Å²) in [4.78, 5) is 0. The Morgan fingerprint density at radius 2 is 1.61 bits per heavy atom. The minimum absolute atomic E-state index is 0.153. The molecule has 110 valence electrons. The van der Waals surface area contributed by atoms with Gasteiger partial charge in [-0.3, -0.25) is 5.32 Å². The summed E-state index contributed by atoms with van der Waals surface area (Å²) in [7, 11) is 0. The first-order valence-corrected chi connectivity index (χ1v) is 6.72. The highest BCUT2D eigenvalue weighted by Crippen LogP contribution is 2.13. The number of hydrogen-bond donors (Lipinski definition) is 6. The van der Waals surface area contributed by atoms with E-state index in [1.54, 1.807) is 0 Å². The fourth-order valence-corrected chi connectivity index (χ4v) is 1.84. The third-order valence-corrected chi connectivity index (χ3v) is 2.94. The van der Waals surface area contributed by atoms with Crippen molar-refractivity contribution >= 4 is 0 Å². The maximum atomic E-state index is 9.39. The first-order chi connectivity index (χ1) is 8.44. The Morgan fingerprint density at radius 1 is 1.06 bits per heavy atom. The van der Waals surface area contributed by atoms with Gasteiger partial charge in [-0.2, -0.15) is 0 Å². The van der Waals surface area contributed by atoms with Crippen LogP contribution in [0.25, 0.3) is 0 Å². The molecule has 0 amide bonds. The van der Waals surface area contributed by atoms with Crippen molar-refractivity contribution in [3.05, 3.63) is 0 Å². The molecule has 1 atom stereocenters. The molecule has 0 bridgehead atoms. The highest BCUT2D eigenvalue weighted by Gasteiger charge is 2.33. The molecule has 0 aromatic rings. The zero-order valence-electron chi connectivity index (χ0n) is 11.2. The van der Waals surface area contributed by atoms with Gasteiger partial charge >= 0.3 is 0 Å². The Bertz CT molecular complexity index is 191. The molecule has 0 saturated carbocycles.